The Kier molecular flexibility index (Phi) is 5.08. The lowest BCUT2D eigenvalue weighted by Crippen LogP contribution is -2.37. The van der Waals surface area contributed by atoms with E-state index in [-0.39, 0.29) is 6.04 Å². The van der Waals surface area contributed by atoms with E-state index in [9.17, 15) is 17.6 Å². The van der Waals surface area contributed by atoms with Crippen molar-refractivity contribution >= 4 is 5.69 Å². The lowest BCUT2D eigenvalue weighted by atomic mass is 10.1. The van der Waals surface area contributed by atoms with Crippen LogP contribution < -0.4 is 10.2 Å². The van der Waals surface area contributed by atoms with Gasteiger partial charge in [0.1, 0.15) is 5.82 Å². The number of anilines is 1. The summed E-state index contributed by atoms with van der Waals surface area (Å²) < 4.78 is 51.8. The SMILES string of the molecule is CCCC1CN(c2ccc(F)c(C(F)(F)F)c2)CCCN1. The molecule has 0 aromatic heterocycles. The summed E-state index contributed by atoms with van der Waals surface area (Å²) in [5, 5.41) is 3.40. The Morgan fingerprint density at radius 3 is 2.76 bits per heavy atom. The number of alkyl halides is 3. The molecular weight excluding hydrogens is 284 g/mol. The molecule has 2 rings (SSSR count). The molecule has 1 heterocycles. The number of rotatable bonds is 3. The molecule has 0 amide bonds. The monoisotopic (exact) mass is 304 g/mol. The highest BCUT2D eigenvalue weighted by Gasteiger charge is 2.34. The topological polar surface area (TPSA) is 15.3 Å². The Bertz CT molecular complexity index is 473. The van der Waals surface area contributed by atoms with E-state index in [1.807, 2.05) is 4.90 Å². The summed E-state index contributed by atoms with van der Waals surface area (Å²) in [7, 11) is 0. The van der Waals surface area contributed by atoms with Gasteiger partial charge in [0.15, 0.2) is 0 Å². The van der Waals surface area contributed by atoms with Crippen LogP contribution in [-0.2, 0) is 6.18 Å². The Hall–Kier alpha value is -1.30. The van der Waals surface area contributed by atoms with Crippen LogP contribution in [0, 0.1) is 5.82 Å². The van der Waals surface area contributed by atoms with Crippen molar-refractivity contribution in [3.63, 3.8) is 0 Å². The van der Waals surface area contributed by atoms with Crippen molar-refractivity contribution < 1.29 is 17.6 Å². The standard InChI is InChI=1S/C15H20F4N2/c1-2-4-11-10-21(8-3-7-20-11)12-5-6-14(16)13(9-12)15(17,18)19/h5-6,9,11,20H,2-4,7-8,10H2,1H3. The van der Waals surface area contributed by atoms with Crippen molar-refractivity contribution in [3.8, 4) is 0 Å². The number of nitrogens with one attached hydrogen (secondary N) is 1. The zero-order valence-electron chi connectivity index (χ0n) is 12.0. The first-order valence-electron chi connectivity index (χ1n) is 7.27. The Morgan fingerprint density at radius 1 is 1.33 bits per heavy atom. The van der Waals surface area contributed by atoms with Crippen LogP contribution in [0.25, 0.3) is 0 Å². The van der Waals surface area contributed by atoms with Gasteiger partial charge in [0, 0.05) is 24.8 Å². The average Bonchev–Trinajstić information content (AvgIpc) is 2.64. The molecule has 1 N–H and O–H groups in total. The smallest absolute Gasteiger partial charge is 0.370 e. The second-order valence-electron chi connectivity index (χ2n) is 5.40. The van der Waals surface area contributed by atoms with Crippen molar-refractivity contribution in [1.29, 1.82) is 0 Å². The maximum atomic E-state index is 13.4. The molecule has 1 saturated heterocycles. The molecule has 1 aliphatic rings. The van der Waals surface area contributed by atoms with Gasteiger partial charge in [-0.05, 0) is 37.6 Å². The summed E-state index contributed by atoms with van der Waals surface area (Å²) in [5.74, 6) is -1.22. The van der Waals surface area contributed by atoms with Crippen molar-refractivity contribution in [1.82, 2.24) is 5.32 Å². The molecule has 0 bridgehead atoms. The van der Waals surface area contributed by atoms with E-state index in [2.05, 4.69) is 12.2 Å². The van der Waals surface area contributed by atoms with Crippen LogP contribution in [0.4, 0.5) is 23.2 Å². The first-order chi connectivity index (χ1) is 9.91. The second-order valence-corrected chi connectivity index (χ2v) is 5.40. The number of halogens is 4. The van der Waals surface area contributed by atoms with Gasteiger partial charge in [-0.2, -0.15) is 13.2 Å². The van der Waals surface area contributed by atoms with Crippen LogP contribution in [0.1, 0.15) is 31.7 Å². The predicted molar refractivity (Wildman–Crippen MR) is 74.9 cm³/mol. The van der Waals surface area contributed by atoms with Crippen molar-refractivity contribution in [2.24, 2.45) is 0 Å². The summed E-state index contributed by atoms with van der Waals surface area (Å²) in [6, 6.07) is 3.52. The van der Waals surface area contributed by atoms with Gasteiger partial charge in [-0.25, -0.2) is 4.39 Å². The highest BCUT2D eigenvalue weighted by molar-refractivity contribution is 5.50. The number of benzene rings is 1. The molecule has 1 aromatic rings. The fourth-order valence-electron chi connectivity index (χ4n) is 2.70. The quantitative estimate of drug-likeness (QED) is 0.854. The van der Waals surface area contributed by atoms with Gasteiger partial charge in [0.25, 0.3) is 0 Å². The van der Waals surface area contributed by atoms with E-state index in [0.29, 0.717) is 18.8 Å². The zero-order valence-corrected chi connectivity index (χ0v) is 12.0. The summed E-state index contributed by atoms with van der Waals surface area (Å²) in [5.41, 5.74) is -0.752. The summed E-state index contributed by atoms with van der Waals surface area (Å²) in [6.07, 6.45) is -1.81. The fraction of sp³-hybridized carbons (Fsp3) is 0.600. The van der Waals surface area contributed by atoms with Crippen LogP contribution in [0.5, 0.6) is 0 Å². The molecule has 0 aliphatic carbocycles. The second kappa shape index (κ2) is 6.64. The molecule has 0 saturated carbocycles. The first-order valence-corrected chi connectivity index (χ1v) is 7.27. The van der Waals surface area contributed by atoms with Crippen LogP contribution in [0.2, 0.25) is 0 Å². The molecule has 1 aliphatic heterocycles. The lowest BCUT2D eigenvalue weighted by Gasteiger charge is -2.27. The Labute approximate surface area is 122 Å². The van der Waals surface area contributed by atoms with Crippen molar-refractivity contribution in [3.05, 3.63) is 29.6 Å². The molecule has 0 spiro atoms. The summed E-state index contributed by atoms with van der Waals surface area (Å²) in [4.78, 5) is 1.91. The fourth-order valence-corrected chi connectivity index (χ4v) is 2.70. The van der Waals surface area contributed by atoms with E-state index < -0.39 is 17.6 Å². The Balaban J connectivity index is 2.23. The molecule has 1 atom stereocenters. The van der Waals surface area contributed by atoms with Gasteiger partial charge in [-0.3, -0.25) is 0 Å². The molecular formula is C15H20F4N2. The number of hydrogen-bond acceptors (Lipinski definition) is 2. The van der Waals surface area contributed by atoms with Crippen LogP contribution in [0.3, 0.4) is 0 Å². The Morgan fingerprint density at radius 2 is 2.10 bits per heavy atom. The van der Waals surface area contributed by atoms with Gasteiger partial charge in [0.2, 0.25) is 0 Å². The maximum absolute atomic E-state index is 13.4. The zero-order chi connectivity index (χ0) is 15.5. The third kappa shape index (κ3) is 4.09. The summed E-state index contributed by atoms with van der Waals surface area (Å²) >= 11 is 0. The van der Waals surface area contributed by atoms with Gasteiger partial charge in [-0.1, -0.05) is 13.3 Å². The molecule has 118 valence electrons. The van der Waals surface area contributed by atoms with Crippen molar-refractivity contribution in [2.45, 2.75) is 38.4 Å². The third-order valence-corrected chi connectivity index (χ3v) is 3.74. The minimum Gasteiger partial charge on any atom is -0.370 e. The van der Waals surface area contributed by atoms with E-state index >= 15 is 0 Å². The highest BCUT2D eigenvalue weighted by atomic mass is 19.4. The van der Waals surface area contributed by atoms with E-state index in [0.717, 1.165) is 37.9 Å². The van der Waals surface area contributed by atoms with Crippen LogP contribution >= 0.6 is 0 Å². The highest BCUT2D eigenvalue weighted by Crippen LogP contribution is 2.34. The van der Waals surface area contributed by atoms with Gasteiger partial charge in [-0.15, -0.1) is 0 Å². The van der Waals surface area contributed by atoms with Gasteiger partial charge < -0.3 is 10.2 Å². The first kappa shape index (κ1) is 16.1. The third-order valence-electron chi connectivity index (χ3n) is 3.74. The molecule has 6 heteroatoms. The van der Waals surface area contributed by atoms with Crippen molar-refractivity contribution in [2.75, 3.05) is 24.5 Å². The minimum absolute atomic E-state index is 0.261. The largest absolute Gasteiger partial charge is 0.419 e. The number of hydrogen-bond donors (Lipinski definition) is 1. The molecule has 21 heavy (non-hydrogen) atoms. The molecule has 0 radical (unpaired) electrons. The average molecular weight is 304 g/mol. The molecule has 1 unspecified atom stereocenters. The molecule has 2 nitrogen and oxygen atoms in total. The molecule has 1 fully saturated rings. The normalized spacial score (nSPS) is 20.4. The minimum atomic E-state index is -4.66. The van der Waals surface area contributed by atoms with Crippen LogP contribution in [0.15, 0.2) is 18.2 Å². The van der Waals surface area contributed by atoms with Crippen LogP contribution in [-0.4, -0.2) is 25.7 Å². The van der Waals surface area contributed by atoms with E-state index in [4.69, 9.17) is 0 Å². The van der Waals surface area contributed by atoms with Gasteiger partial charge in [0.05, 0.1) is 5.56 Å². The maximum Gasteiger partial charge on any atom is 0.419 e. The summed E-state index contributed by atoms with van der Waals surface area (Å²) in [6.45, 7) is 4.26. The van der Waals surface area contributed by atoms with E-state index in [1.165, 1.54) is 6.07 Å². The van der Waals surface area contributed by atoms with Gasteiger partial charge >= 0.3 is 6.18 Å². The van der Waals surface area contributed by atoms with E-state index in [1.54, 1.807) is 0 Å². The predicted octanol–water partition coefficient (Wildman–Crippen LogP) is 3.81. The molecule has 1 aromatic carbocycles. The lowest BCUT2D eigenvalue weighted by molar-refractivity contribution is -0.139. The number of nitrogens with zero attached hydrogens (tertiary/aromatic N) is 1.